The van der Waals surface area contributed by atoms with Gasteiger partial charge >= 0.3 is 11.9 Å². The van der Waals surface area contributed by atoms with Crippen LogP contribution in [0, 0.1) is 13.8 Å². The van der Waals surface area contributed by atoms with Crippen LogP contribution in [0.1, 0.15) is 27.0 Å². The van der Waals surface area contributed by atoms with Gasteiger partial charge in [-0.1, -0.05) is 30.3 Å². The molecular formula is C28H22N4O4S. The summed E-state index contributed by atoms with van der Waals surface area (Å²) in [4.78, 5) is 24.8. The number of aryl methyl sites for hydroxylation is 2. The molecule has 0 saturated heterocycles. The molecule has 0 unspecified atom stereocenters. The number of rotatable bonds is 6. The van der Waals surface area contributed by atoms with Gasteiger partial charge in [-0.3, -0.25) is 10.2 Å². The number of nitrogens with one attached hydrogen (secondary N) is 1. The van der Waals surface area contributed by atoms with Gasteiger partial charge in [0.1, 0.15) is 11.5 Å². The quantitative estimate of drug-likeness (QED) is 0.229. The Kier molecular flexibility index (Phi) is 6.29. The fourth-order valence-corrected chi connectivity index (χ4v) is 4.56. The predicted molar refractivity (Wildman–Crippen MR) is 146 cm³/mol. The molecule has 2 heterocycles. The van der Waals surface area contributed by atoms with Crippen molar-refractivity contribution < 1.29 is 19.8 Å². The van der Waals surface area contributed by atoms with Crippen molar-refractivity contribution in [2.75, 3.05) is 10.4 Å². The molecule has 1 aliphatic rings. The summed E-state index contributed by atoms with van der Waals surface area (Å²) in [6.45, 7) is 3.97. The molecule has 1 aromatic heterocycles. The van der Waals surface area contributed by atoms with E-state index in [1.165, 1.54) is 28.5 Å². The van der Waals surface area contributed by atoms with Crippen molar-refractivity contribution in [3.8, 4) is 16.9 Å². The number of aromatic carboxylic acids is 1. The lowest BCUT2D eigenvalue weighted by atomic mass is 10.0. The SMILES string of the molecule is Cc1ccc(N2N=C(c3ccsc3)C(=NNc3cccc(-c4cccc(C(=O)O)c4)c3O)C2=O)cc1C. The molecule has 8 nitrogen and oxygen atoms in total. The topological polar surface area (TPSA) is 115 Å². The standard InChI is InChI=1S/C28H22N4O4S/c1-16-9-10-21(13-17(16)2)32-27(34)25(24(31-32)20-11-12-37-15-20)30-29-23-8-4-7-22(26(23)33)18-5-3-6-19(14-18)28(35)36/h3-15,29,33H,1-2H3,(H,35,36). The largest absolute Gasteiger partial charge is 0.505 e. The molecule has 3 aromatic carbocycles. The molecule has 0 fully saturated rings. The van der Waals surface area contributed by atoms with E-state index in [1.54, 1.807) is 30.3 Å². The summed E-state index contributed by atoms with van der Waals surface area (Å²) in [6, 6.07) is 18.8. The van der Waals surface area contributed by atoms with Crippen molar-refractivity contribution in [3.63, 3.8) is 0 Å². The molecule has 0 atom stereocenters. The summed E-state index contributed by atoms with van der Waals surface area (Å²) < 4.78 is 0. The number of nitrogens with zero attached hydrogens (tertiary/aromatic N) is 3. The van der Waals surface area contributed by atoms with E-state index in [-0.39, 0.29) is 22.7 Å². The van der Waals surface area contributed by atoms with Crippen LogP contribution in [-0.2, 0) is 4.79 Å². The van der Waals surface area contributed by atoms with Crippen LogP contribution >= 0.6 is 11.3 Å². The summed E-state index contributed by atoms with van der Waals surface area (Å²) in [5.41, 5.74) is 8.20. The highest BCUT2D eigenvalue weighted by molar-refractivity contribution is 7.08. The first-order chi connectivity index (χ1) is 17.8. The van der Waals surface area contributed by atoms with Crippen LogP contribution in [-0.4, -0.2) is 33.5 Å². The number of carboxylic acid groups (broad SMARTS) is 1. The summed E-state index contributed by atoms with van der Waals surface area (Å²) in [5.74, 6) is -1.59. The summed E-state index contributed by atoms with van der Waals surface area (Å²) in [7, 11) is 0. The van der Waals surface area contributed by atoms with Crippen LogP contribution < -0.4 is 10.4 Å². The number of carbonyl (C=O) groups excluding carboxylic acids is 1. The summed E-state index contributed by atoms with van der Waals surface area (Å²) in [6.07, 6.45) is 0. The number of carbonyl (C=O) groups is 2. The Labute approximate surface area is 216 Å². The molecule has 9 heteroatoms. The third-order valence-corrected chi connectivity index (χ3v) is 6.78. The van der Waals surface area contributed by atoms with E-state index < -0.39 is 11.9 Å². The van der Waals surface area contributed by atoms with Crippen molar-refractivity contribution in [2.45, 2.75) is 13.8 Å². The summed E-state index contributed by atoms with van der Waals surface area (Å²) in [5, 5.41) is 34.3. The van der Waals surface area contributed by atoms with Gasteiger partial charge in [0.2, 0.25) is 0 Å². The predicted octanol–water partition coefficient (Wildman–Crippen LogP) is 5.65. The minimum atomic E-state index is -1.06. The van der Waals surface area contributed by atoms with Crippen LogP contribution in [0.3, 0.4) is 0 Å². The van der Waals surface area contributed by atoms with Crippen LogP contribution in [0.15, 0.2) is 87.7 Å². The Bertz CT molecular complexity index is 1590. The number of aromatic hydroxyl groups is 1. The molecule has 5 rings (SSSR count). The number of carboxylic acids is 1. The Balaban J connectivity index is 1.50. The fourth-order valence-electron chi connectivity index (χ4n) is 3.92. The Morgan fingerprint density at radius 1 is 1.00 bits per heavy atom. The van der Waals surface area contributed by atoms with Gasteiger partial charge in [0, 0.05) is 16.5 Å². The number of amides is 1. The molecule has 4 aromatic rings. The number of hydrogen-bond donors (Lipinski definition) is 3. The minimum absolute atomic E-state index is 0.106. The maximum Gasteiger partial charge on any atom is 0.335 e. The van der Waals surface area contributed by atoms with Gasteiger partial charge in [0.15, 0.2) is 5.71 Å². The number of phenols is 1. The number of para-hydroxylation sites is 1. The van der Waals surface area contributed by atoms with Crippen molar-refractivity contribution in [2.24, 2.45) is 10.2 Å². The number of anilines is 2. The lowest BCUT2D eigenvalue weighted by Gasteiger charge is -2.13. The molecule has 0 saturated carbocycles. The van der Waals surface area contributed by atoms with E-state index in [0.29, 0.717) is 22.5 Å². The van der Waals surface area contributed by atoms with Crippen molar-refractivity contribution in [1.82, 2.24) is 0 Å². The number of hydrazone groups is 2. The lowest BCUT2D eigenvalue weighted by Crippen LogP contribution is -2.28. The van der Waals surface area contributed by atoms with E-state index in [0.717, 1.165) is 16.7 Å². The molecule has 3 N–H and O–H groups in total. The van der Waals surface area contributed by atoms with Crippen LogP contribution in [0.5, 0.6) is 5.75 Å². The molecule has 0 spiro atoms. The van der Waals surface area contributed by atoms with Crippen molar-refractivity contribution in [3.05, 3.63) is 99.7 Å². The zero-order valence-corrected chi connectivity index (χ0v) is 20.8. The van der Waals surface area contributed by atoms with Gasteiger partial charge in [-0.2, -0.15) is 26.5 Å². The minimum Gasteiger partial charge on any atom is -0.505 e. The highest BCUT2D eigenvalue weighted by Gasteiger charge is 2.34. The molecule has 37 heavy (non-hydrogen) atoms. The van der Waals surface area contributed by atoms with Crippen LogP contribution in [0.25, 0.3) is 11.1 Å². The van der Waals surface area contributed by atoms with E-state index in [1.807, 2.05) is 48.9 Å². The summed E-state index contributed by atoms with van der Waals surface area (Å²) >= 11 is 1.48. The highest BCUT2D eigenvalue weighted by atomic mass is 32.1. The normalized spacial score (nSPS) is 14.2. The van der Waals surface area contributed by atoms with Crippen LogP contribution in [0.2, 0.25) is 0 Å². The third kappa shape index (κ3) is 4.60. The molecular weight excluding hydrogens is 488 g/mol. The second kappa shape index (κ2) is 9.71. The zero-order chi connectivity index (χ0) is 26.1. The number of benzene rings is 3. The molecule has 1 aliphatic heterocycles. The Hall–Kier alpha value is -4.76. The number of phenolic OH excluding ortho intramolecular Hbond substituents is 1. The van der Waals surface area contributed by atoms with Gasteiger partial charge in [0.05, 0.1) is 16.9 Å². The second-order valence-corrected chi connectivity index (χ2v) is 9.29. The van der Waals surface area contributed by atoms with Gasteiger partial charge in [-0.25, -0.2) is 4.79 Å². The average Bonchev–Trinajstić information content (AvgIpc) is 3.53. The third-order valence-electron chi connectivity index (χ3n) is 6.09. The monoisotopic (exact) mass is 510 g/mol. The lowest BCUT2D eigenvalue weighted by molar-refractivity contribution is -0.112. The van der Waals surface area contributed by atoms with Crippen molar-refractivity contribution in [1.29, 1.82) is 0 Å². The maximum atomic E-state index is 13.4. The fraction of sp³-hybridized carbons (Fsp3) is 0.0714. The number of hydrogen-bond acceptors (Lipinski definition) is 7. The number of thiophene rings is 1. The first-order valence-electron chi connectivity index (χ1n) is 11.4. The van der Waals surface area contributed by atoms with Crippen molar-refractivity contribution >= 4 is 46.0 Å². The molecule has 184 valence electrons. The van der Waals surface area contributed by atoms with Gasteiger partial charge < -0.3 is 10.2 Å². The molecule has 0 radical (unpaired) electrons. The second-order valence-electron chi connectivity index (χ2n) is 8.51. The molecule has 0 aliphatic carbocycles. The Morgan fingerprint density at radius 2 is 1.81 bits per heavy atom. The smallest absolute Gasteiger partial charge is 0.335 e. The Morgan fingerprint density at radius 3 is 2.54 bits per heavy atom. The van der Waals surface area contributed by atoms with Gasteiger partial charge in [-0.15, -0.1) is 0 Å². The van der Waals surface area contributed by atoms with Crippen LogP contribution in [0.4, 0.5) is 11.4 Å². The maximum absolute atomic E-state index is 13.4. The van der Waals surface area contributed by atoms with E-state index >= 15 is 0 Å². The molecule has 0 bridgehead atoms. The van der Waals surface area contributed by atoms with Gasteiger partial charge in [-0.05, 0) is 72.3 Å². The first-order valence-corrected chi connectivity index (χ1v) is 12.3. The highest BCUT2D eigenvalue weighted by Crippen LogP contribution is 2.36. The van der Waals surface area contributed by atoms with E-state index in [2.05, 4.69) is 15.6 Å². The average molecular weight is 511 g/mol. The van der Waals surface area contributed by atoms with E-state index in [4.69, 9.17) is 0 Å². The first kappa shape index (κ1) is 24.0. The molecule has 1 amide bonds. The zero-order valence-electron chi connectivity index (χ0n) is 20.0. The van der Waals surface area contributed by atoms with E-state index in [9.17, 15) is 19.8 Å². The van der Waals surface area contributed by atoms with Gasteiger partial charge in [0.25, 0.3) is 0 Å².